The summed E-state index contributed by atoms with van der Waals surface area (Å²) in [6.07, 6.45) is 15.7. The van der Waals surface area contributed by atoms with Gasteiger partial charge in [0.1, 0.15) is 0 Å². The monoisotopic (exact) mass is 340 g/mol. The van der Waals surface area contributed by atoms with Crippen LogP contribution in [0.25, 0.3) is 0 Å². The Balaban J connectivity index is 1.48. The van der Waals surface area contributed by atoms with Crippen LogP contribution in [0.1, 0.15) is 83.1 Å². The fourth-order valence-electron chi connectivity index (χ4n) is 7.77. The van der Waals surface area contributed by atoms with Gasteiger partial charge < -0.3 is 0 Å². The van der Waals surface area contributed by atoms with Crippen LogP contribution in [-0.2, 0) is 0 Å². The Kier molecular flexibility index (Phi) is 3.57. The molecule has 0 amide bonds. The standard InChI is InChI=1S/C23H32S/c1-22-12-4-3-5-17(22)6-7-18-20-9-8-19(16-11-14-24-15-16)23(20,2)13-10-21(18)22/h5,11,14-15,18-21H,3-4,6-10,12-13H2,1-2H3/t18-,19+,20-,21-,22-,23+/m0/s1. The summed E-state index contributed by atoms with van der Waals surface area (Å²) < 4.78 is 0. The second-order valence-corrected chi connectivity index (χ2v) is 10.5. The minimum atomic E-state index is 0.558. The molecule has 0 bridgehead atoms. The van der Waals surface area contributed by atoms with E-state index >= 15 is 0 Å². The predicted molar refractivity (Wildman–Crippen MR) is 103 cm³/mol. The van der Waals surface area contributed by atoms with Gasteiger partial charge in [-0.25, -0.2) is 0 Å². The van der Waals surface area contributed by atoms with Gasteiger partial charge >= 0.3 is 0 Å². The molecule has 0 saturated heterocycles. The first kappa shape index (κ1) is 15.7. The second-order valence-electron chi connectivity index (χ2n) is 9.69. The molecule has 0 aromatic carbocycles. The molecule has 0 N–H and O–H groups in total. The third-order valence-electron chi connectivity index (χ3n) is 8.97. The molecule has 0 unspecified atom stereocenters. The van der Waals surface area contributed by atoms with E-state index in [1.54, 1.807) is 5.56 Å². The molecule has 0 aliphatic heterocycles. The van der Waals surface area contributed by atoms with Gasteiger partial charge in [-0.05, 0) is 115 Å². The highest BCUT2D eigenvalue weighted by Gasteiger charge is 2.58. The largest absolute Gasteiger partial charge is 0.152 e. The van der Waals surface area contributed by atoms with E-state index < -0.39 is 0 Å². The highest BCUT2D eigenvalue weighted by Crippen LogP contribution is 2.68. The lowest BCUT2D eigenvalue weighted by atomic mass is 9.46. The lowest BCUT2D eigenvalue weighted by Gasteiger charge is -2.58. The van der Waals surface area contributed by atoms with Crippen LogP contribution in [-0.4, -0.2) is 0 Å². The molecule has 5 rings (SSSR count). The maximum absolute atomic E-state index is 2.66. The number of hydrogen-bond donors (Lipinski definition) is 0. The fraction of sp³-hybridized carbons (Fsp3) is 0.739. The molecule has 4 aliphatic carbocycles. The van der Waals surface area contributed by atoms with Crippen LogP contribution in [0.5, 0.6) is 0 Å². The lowest BCUT2D eigenvalue weighted by molar-refractivity contribution is -0.0415. The average molecular weight is 341 g/mol. The summed E-state index contributed by atoms with van der Waals surface area (Å²) in [7, 11) is 0. The second kappa shape index (κ2) is 5.47. The van der Waals surface area contributed by atoms with E-state index in [-0.39, 0.29) is 0 Å². The summed E-state index contributed by atoms with van der Waals surface area (Å²) in [6.45, 7) is 5.31. The third kappa shape index (κ3) is 2.03. The number of fused-ring (bicyclic) bond motifs is 5. The van der Waals surface area contributed by atoms with Crippen LogP contribution in [0.2, 0.25) is 0 Å². The normalized spacial score (nSPS) is 47.5. The van der Waals surface area contributed by atoms with Crippen LogP contribution in [0.3, 0.4) is 0 Å². The molecule has 6 atom stereocenters. The van der Waals surface area contributed by atoms with Crippen molar-refractivity contribution in [3.05, 3.63) is 34.0 Å². The maximum atomic E-state index is 2.66. The third-order valence-corrected chi connectivity index (χ3v) is 9.67. The maximum Gasteiger partial charge on any atom is -0.00582 e. The zero-order valence-electron chi connectivity index (χ0n) is 15.4. The fourth-order valence-corrected chi connectivity index (χ4v) is 8.49. The van der Waals surface area contributed by atoms with E-state index in [2.05, 4.69) is 36.7 Å². The minimum Gasteiger partial charge on any atom is -0.152 e. The van der Waals surface area contributed by atoms with Gasteiger partial charge in [0, 0.05) is 0 Å². The molecule has 0 spiro atoms. The summed E-state index contributed by atoms with van der Waals surface area (Å²) in [5.41, 5.74) is 4.65. The van der Waals surface area contributed by atoms with E-state index in [9.17, 15) is 0 Å². The van der Waals surface area contributed by atoms with Gasteiger partial charge in [0.2, 0.25) is 0 Å². The SMILES string of the molecule is C[C@]12CC[C@H]3[C@@H](CCC4=CCCC[C@@]43C)[C@@H]1CC[C@@H]2c1ccsc1. The number of rotatable bonds is 1. The summed E-state index contributed by atoms with van der Waals surface area (Å²) in [5, 5.41) is 4.73. The summed E-state index contributed by atoms with van der Waals surface area (Å²) in [4.78, 5) is 0. The molecular weight excluding hydrogens is 308 g/mol. The van der Waals surface area contributed by atoms with Crippen LogP contribution < -0.4 is 0 Å². The molecule has 1 aromatic heterocycles. The van der Waals surface area contributed by atoms with E-state index in [1.165, 1.54) is 57.8 Å². The number of hydrogen-bond acceptors (Lipinski definition) is 1. The molecule has 4 aliphatic rings. The van der Waals surface area contributed by atoms with E-state index in [0.29, 0.717) is 10.8 Å². The molecule has 0 nitrogen and oxygen atoms in total. The van der Waals surface area contributed by atoms with Gasteiger partial charge in [0.05, 0.1) is 0 Å². The summed E-state index contributed by atoms with van der Waals surface area (Å²) in [6, 6.07) is 2.42. The topological polar surface area (TPSA) is 0 Å². The molecule has 24 heavy (non-hydrogen) atoms. The van der Waals surface area contributed by atoms with Crippen molar-refractivity contribution in [3.8, 4) is 0 Å². The highest BCUT2D eigenvalue weighted by molar-refractivity contribution is 7.08. The van der Waals surface area contributed by atoms with Crippen molar-refractivity contribution in [3.63, 3.8) is 0 Å². The predicted octanol–water partition coefficient (Wildman–Crippen LogP) is 7.18. The molecule has 3 fully saturated rings. The van der Waals surface area contributed by atoms with Crippen LogP contribution in [0.15, 0.2) is 28.5 Å². The van der Waals surface area contributed by atoms with Gasteiger partial charge in [-0.15, -0.1) is 0 Å². The van der Waals surface area contributed by atoms with Gasteiger partial charge in [0.25, 0.3) is 0 Å². The number of allylic oxidation sites excluding steroid dienone is 2. The summed E-state index contributed by atoms with van der Waals surface area (Å²) in [5.74, 6) is 3.82. The van der Waals surface area contributed by atoms with Crippen molar-refractivity contribution in [1.82, 2.24) is 0 Å². The zero-order chi connectivity index (χ0) is 16.4. The smallest absolute Gasteiger partial charge is 0.00582 e. The molecule has 0 radical (unpaired) electrons. The van der Waals surface area contributed by atoms with E-state index in [1.807, 2.05) is 16.9 Å². The van der Waals surface area contributed by atoms with Gasteiger partial charge in [-0.1, -0.05) is 25.5 Å². The minimum absolute atomic E-state index is 0.558. The first-order valence-corrected chi connectivity index (χ1v) is 11.3. The first-order chi connectivity index (χ1) is 11.6. The van der Waals surface area contributed by atoms with Crippen molar-refractivity contribution >= 4 is 11.3 Å². The molecule has 3 saturated carbocycles. The molecule has 1 heteroatoms. The van der Waals surface area contributed by atoms with Crippen molar-refractivity contribution in [2.45, 2.75) is 77.6 Å². The van der Waals surface area contributed by atoms with Crippen molar-refractivity contribution in [1.29, 1.82) is 0 Å². The van der Waals surface area contributed by atoms with Crippen molar-refractivity contribution < 1.29 is 0 Å². The Hall–Kier alpha value is -0.560. The Morgan fingerprint density at radius 2 is 1.96 bits per heavy atom. The van der Waals surface area contributed by atoms with Gasteiger partial charge in [-0.3, -0.25) is 0 Å². The van der Waals surface area contributed by atoms with E-state index in [0.717, 1.165) is 23.7 Å². The van der Waals surface area contributed by atoms with Crippen molar-refractivity contribution in [2.24, 2.45) is 28.6 Å². The highest BCUT2D eigenvalue weighted by atomic mass is 32.1. The van der Waals surface area contributed by atoms with Crippen LogP contribution in [0.4, 0.5) is 0 Å². The Morgan fingerprint density at radius 1 is 1.04 bits per heavy atom. The van der Waals surface area contributed by atoms with Gasteiger partial charge in [0.15, 0.2) is 0 Å². The zero-order valence-corrected chi connectivity index (χ0v) is 16.2. The molecular formula is C23H32S. The van der Waals surface area contributed by atoms with E-state index in [4.69, 9.17) is 0 Å². The molecule has 1 heterocycles. The average Bonchev–Trinajstić information content (AvgIpc) is 3.20. The molecule has 130 valence electrons. The molecule has 1 aromatic rings. The lowest BCUT2D eigenvalue weighted by Crippen LogP contribution is -2.49. The van der Waals surface area contributed by atoms with Gasteiger partial charge in [-0.2, -0.15) is 11.3 Å². The number of thiophene rings is 1. The van der Waals surface area contributed by atoms with Crippen LogP contribution in [0, 0.1) is 28.6 Å². The Morgan fingerprint density at radius 3 is 2.79 bits per heavy atom. The Bertz CT molecular complexity index is 641. The summed E-state index contributed by atoms with van der Waals surface area (Å²) >= 11 is 1.89. The van der Waals surface area contributed by atoms with Crippen molar-refractivity contribution in [2.75, 3.05) is 0 Å². The Labute approximate surface area is 151 Å². The quantitative estimate of drug-likeness (QED) is 0.475. The van der Waals surface area contributed by atoms with Crippen LogP contribution >= 0.6 is 11.3 Å². The first-order valence-electron chi connectivity index (χ1n) is 10.3.